The van der Waals surface area contributed by atoms with E-state index in [-0.39, 0.29) is 10.6 Å². The number of hydrogen-bond acceptors (Lipinski definition) is 2. The molecular weight excluding hydrogens is 781 g/mol. The van der Waals surface area contributed by atoms with Gasteiger partial charge in [-0.05, 0) is 125 Å². The zero-order valence-electron chi connectivity index (χ0n) is 34.6. The van der Waals surface area contributed by atoms with Crippen molar-refractivity contribution in [3.63, 3.8) is 0 Å². The number of aromatic amines is 1. The quantitative estimate of drug-likeness (QED) is 0.140. The van der Waals surface area contributed by atoms with E-state index in [0.29, 0.717) is 5.56 Å². The number of para-hydroxylation sites is 2. The van der Waals surface area contributed by atoms with E-state index in [4.69, 9.17) is 0 Å². The van der Waals surface area contributed by atoms with Crippen LogP contribution in [0.3, 0.4) is 0 Å². The highest BCUT2D eigenvalue weighted by atomic mass is 16.6. The van der Waals surface area contributed by atoms with Crippen molar-refractivity contribution in [1.29, 1.82) is 0 Å². The van der Waals surface area contributed by atoms with E-state index in [2.05, 4.69) is 199 Å². The third-order valence-electron chi connectivity index (χ3n) is 13.0. The Morgan fingerprint density at radius 1 is 0.281 bits per heavy atom. The van der Waals surface area contributed by atoms with E-state index in [1.165, 1.54) is 83.0 Å². The Balaban J connectivity index is 0.000000135. The molecule has 0 unspecified atom stereocenters. The lowest BCUT2D eigenvalue weighted by Gasteiger charge is -2.23. The van der Waals surface area contributed by atoms with E-state index in [0.717, 1.165) is 33.4 Å². The van der Waals surface area contributed by atoms with Gasteiger partial charge in [0.1, 0.15) is 0 Å². The van der Waals surface area contributed by atoms with E-state index in [1.807, 2.05) is 18.2 Å². The first-order valence-electron chi connectivity index (χ1n) is 21.6. The molecule has 2 aliphatic carbocycles. The summed E-state index contributed by atoms with van der Waals surface area (Å²) in [7, 11) is 0. The molecular formula is C60H38N2O2. The molecule has 0 saturated heterocycles. The number of hydrogen-bond donors (Lipinski definition) is 1. The number of aromatic nitrogens is 1. The van der Waals surface area contributed by atoms with Gasteiger partial charge in [-0.2, -0.15) is 0 Å². The molecule has 10 aromatic carbocycles. The number of rotatable bonds is 2. The monoisotopic (exact) mass is 818 g/mol. The summed E-state index contributed by atoms with van der Waals surface area (Å²) in [5, 5.41) is 14.2. The Morgan fingerprint density at radius 3 is 1.05 bits per heavy atom. The molecule has 0 spiro atoms. The molecule has 300 valence electrons. The van der Waals surface area contributed by atoms with Crippen molar-refractivity contribution in [2.45, 2.75) is 0 Å². The maximum absolute atomic E-state index is 11.7. The van der Waals surface area contributed by atoms with Crippen LogP contribution < -0.4 is 0 Å². The number of benzene rings is 10. The van der Waals surface area contributed by atoms with Crippen LogP contribution in [0.15, 0.2) is 224 Å². The fourth-order valence-electron chi connectivity index (χ4n) is 10.1. The smallest absolute Gasteiger partial charge is 0.277 e. The molecule has 0 amide bonds. The molecule has 0 aliphatic heterocycles. The molecule has 0 radical (unpaired) electrons. The Morgan fingerprint density at radius 2 is 0.609 bits per heavy atom. The normalized spacial score (nSPS) is 11.6. The van der Waals surface area contributed by atoms with Gasteiger partial charge in [0.2, 0.25) is 0 Å². The highest BCUT2D eigenvalue weighted by Gasteiger charge is 2.25. The fourth-order valence-corrected chi connectivity index (χ4v) is 10.1. The average Bonchev–Trinajstić information content (AvgIpc) is 3.73. The van der Waals surface area contributed by atoms with Crippen molar-refractivity contribution < 1.29 is 4.92 Å². The molecule has 1 N–H and O–H groups in total. The highest BCUT2D eigenvalue weighted by molar-refractivity contribution is 6.13. The molecule has 4 nitrogen and oxygen atoms in total. The first-order valence-corrected chi connectivity index (χ1v) is 21.6. The van der Waals surface area contributed by atoms with E-state index >= 15 is 0 Å². The number of nitro benzene ring substituents is 1. The Labute approximate surface area is 370 Å². The van der Waals surface area contributed by atoms with Gasteiger partial charge >= 0.3 is 0 Å². The van der Waals surface area contributed by atoms with Crippen LogP contribution in [0.4, 0.5) is 5.69 Å². The van der Waals surface area contributed by atoms with Crippen LogP contribution in [0.1, 0.15) is 0 Å². The summed E-state index contributed by atoms with van der Waals surface area (Å²) in [6.07, 6.45) is 0. The number of fused-ring (bicyclic) bond motifs is 19. The first-order chi connectivity index (χ1) is 31.6. The molecule has 4 heteroatoms. The van der Waals surface area contributed by atoms with Crippen LogP contribution in [-0.2, 0) is 0 Å². The number of nitrogens with one attached hydrogen (secondary N) is 1. The molecule has 0 atom stereocenters. The average molecular weight is 819 g/mol. The second-order valence-corrected chi connectivity index (χ2v) is 16.4. The molecule has 0 bridgehead atoms. The zero-order valence-corrected chi connectivity index (χ0v) is 34.6. The zero-order chi connectivity index (χ0) is 42.7. The summed E-state index contributed by atoms with van der Waals surface area (Å²) in [6, 6.07) is 78.2. The molecule has 64 heavy (non-hydrogen) atoms. The number of H-pyrrole nitrogens is 1. The van der Waals surface area contributed by atoms with Crippen LogP contribution in [0.25, 0.3) is 122 Å². The van der Waals surface area contributed by atoms with Crippen LogP contribution in [-0.4, -0.2) is 9.91 Å². The fraction of sp³-hybridized carbons (Fsp3) is 0. The lowest BCUT2D eigenvalue weighted by atomic mass is 9.80. The molecule has 13 rings (SSSR count). The van der Waals surface area contributed by atoms with Gasteiger partial charge in [0, 0.05) is 27.9 Å². The number of nitrogens with zero attached hydrogens (tertiary/aromatic N) is 1. The predicted octanol–water partition coefficient (Wildman–Crippen LogP) is 16.5. The summed E-state index contributed by atoms with van der Waals surface area (Å²) in [5.41, 5.74) is 23.4. The van der Waals surface area contributed by atoms with Crippen molar-refractivity contribution in [1.82, 2.24) is 4.98 Å². The van der Waals surface area contributed by atoms with Gasteiger partial charge in [0.25, 0.3) is 5.69 Å². The second-order valence-electron chi connectivity index (χ2n) is 16.4. The summed E-state index contributed by atoms with van der Waals surface area (Å²) in [4.78, 5) is 15.0. The summed E-state index contributed by atoms with van der Waals surface area (Å²) in [6.45, 7) is 0. The van der Waals surface area contributed by atoms with Gasteiger partial charge in [-0.1, -0.05) is 188 Å². The first kappa shape index (κ1) is 37.2. The standard InChI is InChI=1S/C30H19NO2.C30H19N/c32-31(33)30-16-8-7-9-21(30)20-17-18-28-26-14-4-3-12-24(26)22-10-1-2-11-23(22)25-13-5-6-15-27(25)29(28)19-20;1-2-10-20-19(9-1)21-11-3-5-13-23(21)26-17-28-25-15-7-8-16-29(25)31-30(28)18-27(26)24-14-6-4-12-22(20)24/h1-19H;1-18,31H. The van der Waals surface area contributed by atoms with Crippen LogP contribution >= 0.6 is 0 Å². The second kappa shape index (κ2) is 15.1. The van der Waals surface area contributed by atoms with Crippen molar-refractivity contribution >= 4 is 27.5 Å². The Kier molecular flexibility index (Phi) is 8.77. The maximum Gasteiger partial charge on any atom is 0.277 e. The predicted molar refractivity (Wildman–Crippen MR) is 265 cm³/mol. The van der Waals surface area contributed by atoms with Crippen molar-refractivity contribution in [3.05, 3.63) is 235 Å². The summed E-state index contributed by atoms with van der Waals surface area (Å²) in [5.74, 6) is 0. The van der Waals surface area contributed by atoms with Gasteiger partial charge in [-0.15, -0.1) is 0 Å². The van der Waals surface area contributed by atoms with E-state index in [1.54, 1.807) is 12.1 Å². The lowest BCUT2D eigenvalue weighted by molar-refractivity contribution is -0.384. The summed E-state index contributed by atoms with van der Waals surface area (Å²) < 4.78 is 0. The minimum Gasteiger partial charge on any atom is -0.354 e. The van der Waals surface area contributed by atoms with Gasteiger partial charge in [-0.3, -0.25) is 10.1 Å². The Hall–Kier alpha value is -8.60. The SMILES string of the molecule is O=[N+]([O-])c1ccccc1-c1ccc2c(c1)-c1ccccc1-c1ccccc1-c1ccccc1-2.c1ccc2c(c1)-c1ccccc1-c1cc3[nH]c4ccccc4c3cc1-c1ccccc1-2. The molecule has 1 aromatic heterocycles. The minimum absolute atomic E-state index is 0.113. The van der Waals surface area contributed by atoms with Gasteiger partial charge in [-0.25, -0.2) is 0 Å². The molecule has 0 fully saturated rings. The molecule has 2 aliphatic rings. The molecule has 11 aromatic rings. The number of nitro groups is 1. The van der Waals surface area contributed by atoms with Crippen molar-refractivity contribution in [3.8, 4) is 100 Å². The van der Waals surface area contributed by atoms with Crippen molar-refractivity contribution in [2.75, 3.05) is 0 Å². The van der Waals surface area contributed by atoms with Crippen LogP contribution in [0.5, 0.6) is 0 Å². The van der Waals surface area contributed by atoms with E-state index in [9.17, 15) is 10.1 Å². The highest BCUT2D eigenvalue weighted by Crippen LogP contribution is 2.51. The van der Waals surface area contributed by atoms with E-state index < -0.39 is 0 Å². The topological polar surface area (TPSA) is 58.9 Å². The van der Waals surface area contributed by atoms with Crippen molar-refractivity contribution in [2.24, 2.45) is 0 Å². The largest absolute Gasteiger partial charge is 0.354 e. The Bertz CT molecular complexity index is 3660. The third-order valence-corrected chi connectivity index (χ3v) is 13.0. The van der Waals surface area contributed by atoms with Crippen LogP contribution in [0.2, 0.25) is 0 Å². The van der Waals surface area contributed by atoms with Gasteiger partial charge in [0.05, 0.1) is 10.5 Å². The van der Waals surface area contributed by atoms with Gasteiger partial charge in [0.15, 0.2) is 0 Å². The third kappa shape index (κ3) is 5.99. The minimum atomic E-state index is -0.314. The maximum atomic E-state index is 11.7. The summed E-state index contributed by atoms with van der Waals surface area (Å²) >= 11 is 0. The molecule has 1 heterocycles. The van der Waals surface area contributed by atoms with Crippen LogP contribution in [0, 0.1) is 10.1 Å². The lowest BCUT2D eigenvalue weighted by Crippen LogP contribution is -1.98. The van der Waals surface area contributed by atoms with Gasteiger partial charge < -0.3 is 4.98 Å². The molecule has 0 saturated carbocycles.